The second kappa shape index (κ2) is 6.18. The first-order valence-corrected chi connectivity index (χ1v) is 6.68. The summed E-state index contributed by atoms with van der Waals surface area (Å²) in [4.78, 5) is 24.5. The second-order valence-electron chi connectivity index (χ2n) is 5.42. The van der Waals surface area contributed by atoms with E-state index < -0.39 is 11.5 Å². The van der Waals surface area contributed by atoms with E-state index in [4.69, 9.17) is 10.8 Å². The summed E-state index contributed by atoms with van der Waals surface area (Å²) in [6, 6.07) is -0.0568. The van der Waals surface area contributed by atoms with Crippen LogP contribution in [0.1, 0.15) is 52.4 Å². The highest BCUT2D eigenvalue weighted by Gasteiger charge is 2.34. The molecule has 1 unspecified atom stereocenters. The maximum absolute atomic E-state index is 12.2. The number of carboxylic acids is 1. The van der Waals surface area contributed by atoms with Crippen molar-refractivity contribution >= 4 is 11.9 Å². The Labute approximate surface area is 108 Å². The molecule has 1 saturated carbocycles. The molecular formula is C13H24N2O3. The number of nitrogens with two attached hydrogens (primary N) is 1. The minimum Gasteiger partial charge on any atom is -0.480 e. The lowest BCUT2D eigenvalue weighted by atomic mass is 9.93. The molecule has 3 N–H and O–H groups in total. The average molecular weight is 256 g/mol. The van der Waals surface area contributed by atoms with Crippen molar-refractivity contribution in [2.45, 2.75) is 64.0 Å². The van der Waals surface area contributed by atoms with Crippen LogP contribution in [0.15, 0.2) is 0 Å². The molecule has 1 rings (SSSR count). The summed E-state index contributed by atoms with van der Waals surface area (Å²) in [7, 11) is 0. The fraction of sp³-hybridized carbons (Fsp3) is 0.846. The monoisotopic (exact) mass is 256 g/mol. The van der Waals surface area contributed by atoms with Crippen LogP contribution in [0.3, 0.4) is 0 Å². The van der Waals surface area contributed by atoms with E-state index in [1.54, 1.807) is 0 Å². The summed E-state index contributed by atoms with van der Waals surface area (Å²) < 4.78 is 0. The highest BCUT2D eigenvalue weighted by molar-refractivity contribution is 5.82. The van der Waals surface area contributed by atoms with Gasteiger partial charge in [0.25, 0.3) is 0 Å². The topological polar surface area (TPSA) is 83.6 Å². The van der Waals surface area contributed by atoms with Crippen LogP contribution in [-0.2, 0) is 9.59 Å². The third kappa shape index (κ3) is 3.98. The van der Waals surface area contributed by atoms with E-state index in [1.165, 1.54) is 4.90 Å². The van der Waals surface area contributed by atoms with Crippen LogP contribution in [-0.4, -0.2) is 40.0 Å². The van der Waals surface area contributed by atoms with Gasteiger partial charge in [-0.1, -0.05) is 19.8 Å². The molecule has 5 nitrogen and oxygen atoms in total. The number of rotatable bonds is 6. The molecule has 0 aromatic heterocycles. The average Bonchev–Trinajstić information content (AvgIpc) is 2.71. The van der Waals surface area contributed by atoms with Gasteiger partial charge in [0, 0.05) is 18.0 Å². The molecule has 104 valence electrons. The summed E-state index contributed by atoms with van der Waals surface area (Å²) >= 11 is 0. The van der Waals surface area contributed by atoms with Crippen LogP contribution in [0.25, 0.3) is 0 Å². The number of carbonyl (C=O) groups is 2. The molecule has 18 heavy (non-hydrogen) atoms. The lowest BCUT2D eigenvalue weighted by Crippen LogP contribution is -2.47. The molecule has 0 aliphatic heterocycles. The Balaban J connectivity index is 2.66. The molecule has 1 aliphatic carbocycles. The molecule has 1 aliphatic rings. The molecule has 1 atom stereocenters. The Bertz CT molecular complexity index is 311. The largest absolute Gasteiger partial charge is 0.480 e. The fourth-order valence-corrected chi connectivity index (χ4v) is 2.51. The first-order valence-electron chi connectivity index (χ1n) is 6.68. The van der Waals surface area contributed by atoms with Crippen LogP contribution in [0.5, 0.6) is 0 Å². The van der Waals surface area contributed by atoms with Gasteiger partial charge in [0.05, 0.1) is 0 Å². The quantitative estimate of drug-likeness (QED) is 0.751. The van der Waals surface area contributed by atoms with Gasteiger partial charge in [-0.3, -0.25) is 9.59 Å². The molecule has 0 radical (unpaired) electrons. The third-order valence-corrected chi connectivity index (χ3v) is 3.85. The Morgan fingerprint density at radius 1 is 1.39 bits per heavy atom. The van der Waals surface area contributed by atoms with Crippen molar-refractivity contribution in [3.8, 4) is 0 Å². The fourth-order valence-electron chi connectivity index (χ4n) is 2.51. The van der Waals surface area contributed by atoms with E-state index in [2.05, 4.69) is 0 Å². The van der Waals surface area contributed by atoms with Gasteiger partial charge >= 0.3 is 5.97 Å². The van der Waals surface area contributed by atoms with E-state index >= 15 is 0 Å². The summed E-state index contributed by atoms with van der Waals surface area (Å²) in [6.07, 6.45) is 4.86. The van der Waals surface area contributed by atoms with Crippen LogP contribution in [0.4, 0.5) is 0 Å². The molecule has 0 saturated heterocycles. The van der Waals surface area contributed by atoms with Gasteiger partial charge < -0.3 is 15.7 Å². The van der Waals surface area contributed by atoms with Crippen LogP contribution in [0, 0.1) is 0 Å². The van der Waals surface area contributed by atoms with E-state index in [0.717, 1.165) is 32.1 Å². The zero-order chi connectivity index (χ0) is 13.8. The lowest BCUT2D eigenvalue weighted by molar-refractivity contribution is -0.146. The second-order valence-corrected chi connectivity index (χ2v) is 5.42. The predicted octanol–water partition coefficient (Wildman–Crippen LogP) is 1.36. The van der Waals surface area contributed by atoms with Gasteiger partial charge in [-0.15, -0.1) is 0 Å². The van der Waals surface area contributed by atoms with Gasteiger partial charge in [0.15, 0.2) is 0 Å². The molecule has 5 heteroatoms. The molecule has 0 aromatic rings. The van der Waals surface area contributed by atoms with Crippen molar-refractivity contribution in [1.82, 2.24) is 4.90 Å². The normalized spacial score (nSPS) is 19.5. The molecule has 0 bridgehead atoms. The molecule has 0 spiro atoms. The van der Waals surface area contributed by atoms with Crippen LogP contribution < -0.4 is 5.73 Å². The highest BCUT2D eigenvalue weighted by Crippen LogP contribution is 2.30. The minimum absolute atomic E-state index is 0.0568. The molecule has 1 amide bonds. The van der Waals surface area contributed by atoms with Crippen molar-refractivity contribution in [2.75, 3.05) is 6.54 Å². The van der Waals surface area contributed by atoms with Gasteiger partial charge in [0.1, 0.15) is 6.54 Å². The van der Waals surface area contributed by atoms with Crippen LogP contribution >= 0.6 is 0 Å². The molecule has 1 fully saturated rings. The number of carboxylic acid groups (broad SMARTS) is 1. The smallest absolute Gasteiger partial charge is 0.323 e. The molecule has 0 heterocycles. The van der Waals surface area contributed by atoms with Crippen molar-refractivity contribution in [3.63, 3.8) is 0 Å². The number of hydrogen-bond donors (Lipinski definition) is 2. The van der Waals surface area contributed by atoms with Crippen molar-refractivity contribution in [3.05, 3.63) is 0 Å². The highest BCUT2D eigenvalue weighted by atomic mass is 16.4. The summed E-state index contributed by atoms with van der Waals surface area (Å²) in [6.45, 7) is 3.59. The van der Waals surface area contributed by atoms with Gasteiger partial charge in [0.2, 0.25) is 5.91 Å². The lowest BCUT2D eigenvalue weighted by Gasteiger charge is -2.31. The van der Waals surface area contributed by atoms with Gasteiger partial charge in [-0.25, -0.2) is 0 Å². The Kier molecular flexibility index (Phi) is 5.14. The van der Waals surface area contributed by atoms with Crippen molar-refractivity contribution < 1.29 is 14.7 Å². The number of hydrogen-bond acceptors (Lipinski definition) is 3. The third-order valence-electron chi connectivity index (χ3n) is 3.85. The Hall–Kier alpha value is -1.10. The first kappa shape index (κ1) is 15.0. The Morgan fingerprint density at radius 2 is 1.94 bits per heavy atom. The van der Waals surface area contributed by atoms with E-state index in [-0.39, 0.29) is 24.9 Å². The Morgan fingerprint density at radius 3 is 2.39 bits per heavy atom. The zero-order valence-electron chi connectivity index (χ0n) is 11.3. The number of aliphatic carboxylic acids is 1. The number of nitrogens with zero attached hydrogens (tertiary/aromatic N) is 1. The van der Waals surface area contributed by atoms with Crippen molar-refractivity contribution in [2.24, 2.45) is 5.73 Å². The summed E-state index contributed by atoms with van der Waals surface area (Å²) in [5.74, 6) is -1.10. The molecular weight excluding hydrogens is 232 g/mol. The van der Waals surface area contributed by atoms with Crippen molar-refractivity contribution in [1.29, 1.82) is 0 Å². The SMILES string of the molecule is CCC(C)N(CC(=O)O)C(=O)CC1(N)CCCC1. The van der Waals surface area contributed by atoms with E-state index in [9.17, 15) is 9.59 Å². The predicted molar refractivity (Wildman–Crippen MR) is 69.1 cm³/mol. The maximum atomic E-state index is 12.2. The molecule has 0 aromatic carbocycles. The van der Waals surface area contributed by atoms with E-state index in [1.807, 2.05) is 13.8 Å². The first-order chi connectivity index (χ1) is 8.38. The zero-order valence-corrected chi connectivity index (χ0v) is 11.3. The number of amides is 1. The van der Waals surface area contributed by atoms with Gasteiger partial charge in [-0.2, -0.15) is 0 Å². The number of carbonyl (C=O) groups excluding carboxylic acids is 1. The maximum Gasteiger partial charge on any atom is 0.323 e. The standard InChI is InChI=1S/C13H24N2O3/c1-3-10(2)15(9-12(17)18)11(16)8-13(14)6-4-5-7-13/h10H,3-9,14H2,1-2H3,(H,17,18). The summed E-state index contributed by atoms with van der Waals surface area (Å²) in [5.41, 5.74) is 5.76. The minimum atomic E-state index is -0.971. The van der Waals surface area contributed by atoms with E-state index in [0.29, 0.717) is 0 Å². The summed E-state index contributed by atoms with van der Waals surface area (Å²) in [5, 5.41) is 8.88. The van der Waals surface area contributed by atoms with Gasteiger partial charge in [-0.05, 0) is 26.2 Å². The van der Waals surface area contributed by atoms with Crippen LogP contribution in [0.2, 0.25) is 0 Å².